The summed E-state index contributed by atoms with van der Waals surface area (Å²) in [5.41, 5.74) is 30.6. The summed E-state index contributed by atoms with van der Waals surface area (Å²) in [6.07, 6.45) is 0. The van der Waals surface area contributed by atoms with Gasteiger partial charge in [-0.1, -0.05) is 431 Å². The molecule has 1 spiro atoms. The van der Waals surface area contributed by atoms with E-state index in [9.17, 15) is 0 Å². The van der Waals surface area contributed by atoms with E-state index in [4.69, 9.17) is 4.42 Å². The van der Waals surface area contributed by atoms with Gasteiger partial charge in [-0.2, -0.15) is 0 Å². The topological polar surface area (TPSA) is 37.8 Å². The third-order valence-corrected chi connectivity index (χ3v) is 33.7. The Morgan fingerprint density at radius 3 is 1.16 bits per heavy atom. The molecule has 0 saturated carbocycles. The first-order valence-electron chi connectivity index (χ1n) is 51.8. The van der Waals surface area contributed by atoms with Gasteiger partial charge < -0.3 is 27.3 Å². The van der Waals surface area contributed by atoms with E-state index < -0.39 is 5.41 Å². The van der Waals surface area contributed by atoms with Crippen LogP contribution in [0.3, 0.4) is 0 Å². The molecule has 7 aromatic heterocycles. The van der Waals surface area contributed by atoms with Crippen molar-refractivity contribution in [2.45, 2.75) is 5.41 Å². The van der Waals surface area contributed by atoms with E-state index in [1.54, 1.807) is 0 Å². The number of thiophene rings is 1. The highest BCUT2D eigenvalue weighted by Gasteiger charge is 2.53. The second-order valence-electron chi connectivity index (χ2n) is 40.2. The number of fused-ring (bicyclic) bond motifs is 46. The fourth-order valence-electron chi connectivity index (χ4n) is 26.3. The minimum atomic E-state index is -0.407. The predicted molar refractivity (Wildman–Crippen MR) is 636 cm³/mol. The van der Waals surface area contributed by atoms with E-state index in [2.05, 4.69) is 545 Å². The van der Waals surface area contributed by atoms with Crippen molar-refractivity contribution in [3.8, 4) is 50.7 Å². The van der Waals surface area contributed by atoms with Gasteiger partial charge in [-0.15, -0.1) is 11.3 Å². The van der Waals surface area contributed by atoms with Crippen molar-refractivity contribution in [3.63, 3.8) is 0 Å². The Morgan fingerprint density at radius 2 is 0.560 bits per heavy atom. The first-order valence-corrected chi connectivity index (χ1v) is 52.6. The fourth-order valence-corrected chi connectivity index (χ4v) is 27.6. The quantitative estimate of drug-likeness (QED) is 0.169. The largest absolute Gasteiger partial charge is 0.454 e. The van der Waals surface area contributed by atoms with Crippen LogP contribution in [-0.4, -0.2) is 22.8 Å². The summed E-state index contributed by atoms with van der Waals surface area (Å²) in [5.74, 6) is 0. The zero-order valence-corrected chi connectivity index (χ0v) is 82.1. The molecule has 0 fully saturated rings. The molecule has 0 unspecified atom stereocenters. The molecule has 0 radical (unpaired) electrons. The van der Waals surface area contributed by atoms with Gasteiger partial charge in [0, 0.05) is 125 Å². The lowest BCUT2D eigenvalue weighted by molar-refractivity contribution is 0.671. The first kappa shape index (κ1) is 84.0. The zero-order chi connectivity index (χ0) is 98.1. The third-order valence-electron chi connectivity index (χ3n) is 32.5. The van der Waals surface area contributed by atoms with Gasteiger partial charge >= 0.3 is 0 Å². The number of rotatable bonds is 5. The van der Waals surface area contributed by atoms with E-state index in [1.807, 2.05) is 17.4 Å². The Kier molecular flexibility index (Phi) is 18.4. The molecule has 7 heteroatoms. The van der Waals surface area contributed by atoms with Gasteiger partial charge in [0.15, 0.2) is 5.58 Å². The Morgan fingerprint density at radius 1 is 0.180 bits per heavy atom. The van der Waals surface area contributed by atoms with Crippen LogP contribution in [0.25, 0.3) is 277 Å². The van der Waals surface area contributed by atoms with E-state index in [0.717, 1.165) is 27.5 Å². The molecule has 2 aliphatic carbocycles. The van der Waals surface area contributed by atoms with Crippen molar-refractivity contribution in [1.29, 1.82) is 0 Å². The Labute approximate surface area is 864 Å². The van der Waals surface area contributed by atoms with Crippen molar-refractivity contribution in [2.24, 2.45) is 0 Å². The molecule has 35 rings (SSSR count). The molecule has 7 heterocycles. The van der Waals surface area contributed by atoms with Crippen molar-refractivity contribution >= 4 is 238 Å². The summed E-state index contributed by atoms with van der Waals surface area (Å²) < 4.78 is 21.7. The highest BCUT2D eigenvalue weighted by atomic mass is 32.1. The molecular weight excluding hydrogens is 1840 g/mol. The van der Waals surface area contributed by atoms with Crippen LogP contribution in [0.1, 0.15) is 22.3 Å². The predicted octanol–water partition coefficient (Wildman–Crippen LogP) is 38.9. The summed E-state index contributed by atoms with van der Waals surface area (Å²) in [5, 5.41) is 35.4. The number of para-hydroxylation sites is 4. The summed E-state index contributed by atoms with van der Waals surface area (Å²) in [7, 11) is 0. The lowest BCUT2D eigenvalue weighted by Crippen LogP contribution is -2.26. The summed E-state index contributed by atoms with van der Waals surface area (Å²) >= 11 is 1.90. The number of furan rings is 1. The molecular formula is C143H87N5OS. The van der Waals surface area contributed by atoms with Gasteiger partial charge in [0.1, 0.15) is 5.58 Å². The van der Waals surface area contributed by atoms with Crippen LogP contribution in [0.15, 0.2) is 532 Å². The van der Waals surface area contributed by atoms with Gasteiger partial charge in [0.2, 0.25) is 0 Å². The van der Waals surface area contributed by atoms with Crippen LogP contribution in [0.5, 0.6) is 0 Å². The number of nitrogens with zero attached hydrogens (tertiary/aromatic N) is 5. The van der Waals surface area contributed by atoms with Crippen molar-refractivity contribution in [3.05, 3.63) is 550 Å². The minimum Gasteiger partial charge on any atom is -0.454 e. The maximum Gasteiger partial charge on any atom is 0.160 e. The van der Waals surface area contributed by atoms with Crippen molar-refractivity contribution < 1.29 is 4.42 Å². The molecule has 6 nitrogen and oxygen atoms in total. The maximum atomic E-state index is 6.55. The van der Waals surface area contributed by atoms with Crippen LogP contribution in [0.4, 0.5) is 0 Å². The molecule has 0 amide bonds. The zero-order valence-electron chi connectivity index (χ0n) is 81.3. The lowest BCUT2D eigenvalue weighted by Gasteiger charge is -2.31. The lowest BCUT2D eigenvalue weighted by atomic mass is 9.70. The average molecular weight is 1920 g/mol. The van der Waals surface area contributed by atoms with Gasteiger partial charge in [-0.25, -0.2) is 0 Å². The molecule has 0 saturated heterocycles. The van der Waals surface area contributed by atoms with Crippen LogP contribution >= 0.6 is 11.3 Å². The molecule has 0 aliphatic heterocycles. The van der Waals surface area contributed by atoms with Crippen LogP contribution in [-0.2, 0) is 5.41 Å². The highest BCUT2D eigenvalue weighted by molar-refractivity contribution is 7.26. The van der Waals surface area contributed by atoms with Crippen molar-refractivity contribution in [1.82, 2.24) is 22.8 Å². The fraction of sp³-hybridized carbons (Fsp3) is 0.00699. The molecule has 33 aromatic rings. The Balaban J connectivity index is 0.0000000886. The smallest absolute Gasteiger partial charge is 0.160 e. The SMILES string of the molecule is c1ccc(-n2c3c4c(ccc3c3ccc5ccccc5c32)-c2ccccc2C42c3ccccc3-c3ccccc32)cc1.c1ccc(-n2c3ccc4ccccc4c3c3ccc4c5ccc6ccccc6c5n(-c5ccccc5)c4c32)cc1.c1ccc2cc(-n3c4ccc5ccccc5c4c4ccc5c6ccccc6sc5c43)ccc2c1.c1ccc2cc3c(cc2c1)c1ccc2c4ccccc4oc2c1n3-c1cccc2ccccc12. The second-order valence-corrected chi connectivity index (χ2v) is 41.2. The number of aromatic nitrogens is 5. The molecule has 0 N–H and O–H groups in total. The molecule has 0 atom stereocenters. The van der Waals surface area contributed by atoms with E-state index in [-0.39, 0.29) is 0 Å². The standard InChI is InChI=1S/C41H25N.C38H24N2.C32H19NO.C32H19NS/c1-2-13-27(14-3-1)42-39-28-15-5-4-12-26(28)22-23-33(39)34-25-24-32-31-18-8-11-21-37(31)41(38(32)40(34)42)35-19-9-6-16-29(35)30-17-7-10-20-36(30)41;1-3-13-27(14-4-1)39-34-24-20-25-11-7-9-17-29(25)35(34)33-23-22-32-31-21-19-26-12-8-10-18-30(26)36(31)40(37(32)38(33)39)28-15-5-2-6-16-28;1-2-10-22-19-29-27(18-21(22)9-1)25-16-17-26-24-13-5-6-15-30(24)34-32(26)31(25)33(29)28-14-7-11-20-8-3-4-12-23(20)28;1-2-9-22-19-23(15-13-20(22)7-1)33-28-18-14-21-8-3-4-10-24(21)30(28)27-17-16-26-25-11-5-6-12-29(25)34-32(26)31(27)33/h1-25H;1-24H;2*1-19H. The summed E-state index contributed by atoms with van der Waals surface area (Å²) in [4.78, 5) is 0. The number of benzene rings is 26. The Bertz CT molecular complexity index is 11500. The minimum absolute atomic E-state index is 0.407. The maximum absolute atomic E-state index is 6.55. The molecule has 0 bridgehead atoms. The van der Waals surface area contributed by atoms with Gasteiger partial charge in [0.25, 0.3) is 0 Å². The second kappa shape index (κ2) is 32.8. The monoisotopic (exact) mass is 1920 g/mol. The first-order chi connectivity index (χ1) is 74.5. The van der Waals surface area contributed by atoms with E-state index in [1.165, 1.54) is 272 Å². The van der Waals surface area contributed by atoms with Crippen LogP contribution in [0, 0.1) is 0 Å². The third kappa shape index (κ3) is 12.1. The van der Waals surface area contributed by atoms with E-state index >= 15 is 0 Å². The van der Waals surface area contributed by atoms with Gasteiger partial charge in [-0.05, 0) is 195 Å². The van der Waals surface area contributed by atoms with Crippen molar-refractivity contribution in [2.75, 3.05) is 0 Å². The molecule has 26 aromatic carbocycles. The summed E-state index contributed by atoms with van der Waals surface area (Å²) in [6, 6.07) is 193. The van der Waals surface area contributed by atoms with Gasteiger partial charge in [-0.3, -0.25) is 0 Å². The molecule has 2 aliphatic rings. The van der Waals surface area contributed by atoms with Gasteiger partial charge in [0.05, 0.1) is 71.0 Å². The Hall–Kier alpha value is -19.4. The number of hydrogen-bond acceptors (Lipinski definition) is 2. The molecule has 696 valence electrons. The summed E-state index contributed by atoms with van der Waals surface area (Å²) in [6.45, 7) is 0. The van der Waals surface area contributed by atoms with Crippen LogP contribution in [0.2, 0.25) is 0 Å². The number of hydrogen-bond donors (Lipinski definition) is 0. The normalized spacial score (nSPS) is 12.6. The molecule has 150 heavy (non-hydrogen) atoms. The van der Waals surface area contributed by atoms with Crippen LogP contribution < -0.4 is 0 Å². The van der Waals surface area contributed by atoms with E-state index in [0.29, 0.717) is 0 Å². The average Bonchev–Trinajstić information content (AvgIpc) is 1.49. The highest BCUT2D eigenvalue weighted by Crippen LogP contribution is 2.65.